The van der Waals surface area contributed by atoms with Gasteiger partial charge in [-0.1, -0.05) is 0 Å². The smallest absolute Gasteiger partial charge is 0.373 e. The zero-order valence-electron chi connectivity index (χ0n) is 8.45. The van der Waals surface area contributed by atoms with E-state index in [2.05, 4.69) is 0 Å². The summed E-state index contributed by atoms with van der Waals surface area (Å²) in [5, 5.41) is 8.59. The first-order chi connectivity index (χ1) is 7.31. The van der Waals surface area contributed by atoms with Gasteiger partial charge in [0, 0.05) is 0 Å². The summed E-state index contributed by atoms with van der Waals surface area (Å²) in [7, 11) is 0. The highest BCUT2D eigenvalue weighted by atomic mass is 19.4. The van der Waals surface area contributed by atoms with E-state index in [1.807, 2.05) is 0 Å². The SMILES string of the molecule is CC(=O)CC(=O)CC(O)(C(F)(F)F)C(F)(F)F. The Balaban J connectivity index is 5.12. The number of hydrogen-bond donors (Lipinski definition) is 1. The minimum Gasteiger partial charge on any atom is -0.373 e. The first-order valence-corrected chi connectivity index (χ1v) is 4.18. The zero-order chi connectivity index (χ0) is 14.1. The molecule has 0 saturated heterocycles. The van der Waals surface area contributed by atoms with E-state index in [1.165, 1.54) is 0 Å². The van der Waals surface area contributed by atoms with Crippen LogP contribution >= 0.6 is 0 Å². The summed E-state index contributed by atoms with van der Waals surface area (Å²) in [6.45, 7) is 0.831. The topological polar surface area (TPSA) is 54.4 Å². The second kappa shape index (κ2) is 4.63. The van der Waals surface area contributed by atoms with Crippen LogP contribution in [0.3, 0.4) is 0 Å². The van der Waals surface area contributed by atoms with Gasteiger partial charge in [0.25, 0.3) is 5.60 Å². The Labute approximate surface area is 91.4 Å². The Hall–Kier alpha value is -1.12. The molecule has 0 heterocycles. The standard InChI is InChI=1S/C8H8F6O3/c1-4(15)2-5(16)3-6(17,7(9,10)11)8(12,13)14/h17H,2-3H2,1H3. The fraction of sp³-hybridized carbons (Fsp3) is 0.750. The molecule has 3 nitrogen and oxygen atoms in total. The minimum absolute atomic E-state index is 0.831. The van der Waals surface area contributed by atoms with Crippen LogP contribution in [-0.2, 0) is 9.59 Å². The van der Waals surface area contributed by atoms with Gasteiger partial charge in [0.1, 0.15) is 11.6 Å². The average Bonchev–Trinajstić information content (AvgIpc) is 1.97. The molecule has 0 aliphatic heterocycles. The summed E-state index contributed by atoms with van der Waals surface area (Å²) in [5.74, 6) is -2.52. The monoisotopic (exact) mass is 266 g/mol. The molecule has 0 radical (unpaired) electrons. The van der Waals surface area contributed by atoms with Crippen LogP contribution in [0.15, 0.2) is 0 Å². The van der Waals surface area contributed by atoms with Crippen molar-refractivity contribution < 1.29 is 41.0 Å². The number of carbonyl (C=O) groups is 2. The summed E-state index contributed by atoms with van der Waals surface area (Å²) >= 11 is 0. The quantitative estimate of drug-likeness (QED) is 0.623. The number of rotatable bonds is 4. The third-order valence-corrected chi connectivity index (χ3v) is 1.84. The molecule has 100 valence electrons. The fourth-order valence-corrected chi connectivity index (χ4v) is 0.987. The number of aliphatic hydroxyl groups is 1. The minimum atomic E-state index is -6.04. The van der Waals surface area contributed by atoms with E-state index < -0.39 is 42.4 Å². The van der Waals surface area contributed by atoms with E-state index in [4.69, 9.17) is 5.11 Å². The molecule has 0 aromatic carbocycles. The molecule has 9 heteroatoms. The van der Waals surface area contributed by atoms with Gasteiger partial charge in [0.15, 0.2) is 0 Å². The third kappa shape index (κ3) is 3.69. The average molecular weight is 266 g/mol. The van der Waals surface area contributed by atoms with Gasteiger partial charge in [0.05, 0.1) is 12.8 Å². The molecule has 0 fully saturated rings. The normalized spacial score (nSPS) is 13.6. The van der Waals surface area contributed by atoms with Crippen LogP contribution in [0.5, 0.6) is 0 Å². The maximum atomic E-state index is 12.1. The molecule has 17 heavy (non-hydrogen) atoms. The summed E-state index contributed by atoms with van der Waals surface area (Å²) < 4.78 is 72.5. The number of carbonyl (C=O) groups excluding carboxylic acids is 2. The van der Waals surface area contributed by atoms with Gasteiger partial charge in [-0.3, -0.25) is 9.59 Å². The van der Waals surface area contributed by atoms with E-state index in [0.29, 0.717) is 0 Å². The van der Waals surface area contributed by atoms with E-state index in [-0.39, 0.29) is 0 Å². The van der Waals surface area contributed by atoms with Gasteiger partial charge in [-0.2, -0.15) is 26.3 Å². The Kier molecular flexibility index (Phi) is 4.33. The van der Waals surface area contributed by atoms with Crippen molar-refractivity contribution in [2.75, 3.05) is 0 Å². The van der Waals surface area contributed by atoms with Gasteiger partial charge in [-0.25, -0.2) is 0 Å². The van der Waals surface area contributed by atoms with Gasteiger partial charge in [-0.05, 0) is 6.92 Å². The molecule has 0 spiro atoms. The second-order valence-electron chi connectivity index (χ2n) is 3.45. The highest BCUT2D eigenvalue weighted by Crippen LogP contribution is 2.45. The van der Waals surface area contributed by atoms with Crippen molar-refractivity contribution in [2.24, 2.45) is 0 Å². The first kappa shape index (κ1) is 15.9. The van der Waals surface area contributed by atoms with Gasteiger partial charge in [0.2, 0.25) is 0 Å². The lowest BCUT2D eigenvalue weighted by Crippen LogP contribution is -2.58. The maximum absolute atomic E-state index is 12.1. The van der Waals surface area contributed by atoms with Crippen molar-refractivity contribution in [3.8, 4) is 0 Å². The number of hydrogen-bond acceptors (Lipinski definition) is 3. The number of ketones is 2. The van der Waals surface area contributed by atoms with Gasteiger partial charge >= 0.3 is 12.4 Å². The van der Waals surface area contributed by atoms with E-state index >= 15 is 0 Å². The molecule has 1 N–H and O–H groups in total. The maximum Gasteiger partial charge on any atom is 0.426 e. The van der Waals surface area contributed by atoms with E-state index in [1.54, 1.807) is 0 Å². The van der Waals surface area contributed by atoms with Crippen molar-refractivity contribution >= 4 is 11.6 Å². The molecule has 0 aliphatic carbocycles. The van der Waals surface area contributed by atoms with Crippen molar-refractivity contribution in [3.05, 3.63) is 0 Å². The molecule has 0 aliphatic rings. The lowest BCUT2D eigenvalue weighted by molar-refractivity contribution is -0.366. The molecule has 0 aromatic rings. The Morgan fingerprint density at radius 1 is 1.00 bits per heavy atom. The van der Waals surface area contributed by atoms with Crippen molar-refractivity contribution in [3.63, 3.8) is 0 Å². The van der Waals surface area contributed by atoms with Crippen LogP contribution in [0.25, 0.3) is 0 Å². The predicted octanol–water partition coefficient (Wildman–Crippen LogP) is 1.78. The summed E-state index contributed by atoms with van der Waals surface area (Å²) in [5.41, 5.74) is -5.12. The summed E-state index contributed by atoms with van der Waals surface area (Å²) in [6, 6.07) is 0. The van der Waals surface area contributed by atoms with Crippen LogP contribution in [0.1, 0.15) is 19.8 Å². The molecule has 0 aromatic heterocycles. The number of Topliss-reactive ketones (excluding diaryl/α,β-unsaturated/α-hetero) is 2. The van der Waals surface area contributed by atoms with E-state index in [0.717, 1.165) is 6.92 Å². The van der Waals surface area contributed by atoms with Crippen molar-refractivity contribution in [1.82, 2.24) is 0 Å². The van der Waals surface area contributed by atoms with Crippen LogP contribution in [0, 0.1) is 0 Å². The van der Waals surface area contributed by atoms with Crippen LogP contribution in [-0.4, -0.2) is 34.6 Å². The van der Waals surface area contributed by atoms with Crippen LogP contribution in [0.4, 0.5) is 26.3 Å². The van der Waals surface area contributed by atoms with Crippen molar-refractivity contribution in [1.29, 1.82) is 0 Å². The molecular weight excluding hydrogens is 258 g/mol. The second-order valence-corrected chi connectivity index (χ2v) is 3.45. The Morgan fingerprint density at radius 2 is 1.35 bits per heavy atom. The number of alkyl halides is 6. The highest BCUT2D eigenvalue weighted by Gasteiger charge is 2.70. The largest absolute Gasteiger partial charge is 0.426 e. The third-order valence-electron chi connectivity index (χ3n) is 1.84. The molecule has 0 unspecified atom stereocenters. The van der Waals surface area contributed by atoms with Crippen LogP contribution < -0.4 is 0 Å². The summed E-state index contributed by atoms with van der Waals surface area (Å²) in [4.78, 5) is 21.2. The van der Waals surface area contributed by atoms with Gasteiger partial charge < -0.3 is 5.11 Å². The van der Waals surface area contributed by atoms with Gasteiger partial charge in [-0.15, -0.1) is 0 Å². The van der Waals surface area contributed by atoms with Crippen molar-refractivity contribution in [2.45, 2.75) is 37.7 Å². The molecule has 0 amide bonds. The predicted molar refractivity (Wildman–Crippen MR) is 42.0 cm³/mol. The summed E-state index contributed by atoms with van der Waals surface area (Å²) in [6.07, 6.45) is -15.4. The first-order valence-electron chi connectivity index (χ1n) is 4.18. The molecule has 0 rings (SSSR count). The Bertz CT molecular complexity index is 302. The number of halogens is 6. The van der Waals surface area contributed by atoms with Crippen LogP contribution in [0.2, 0.25) is 0 Å². The lowest BCUT2D eigenvalue weighted by Gasteiger charge is -2.31. The fourth-order valence-electron chi connectivity index (χ4n) is 0.987. The highest BCUT2D eigenvalue weighted by molar-refractivity contribution is 5.98. The molecule has 0 bridgehead atoms. The van der Waals surface area contributed by atoms with E-state index in [9.17, 15) is 35.9 Å². The molecular formula is C8H8F6O3. The molecule has 0 atom stereocenters. The lowest BCUT2D eigenvalue weighted by atomic mass is 9.93. The molecule has 0 saturated carbocycles. The zero-order valence-corrected chi connectivity index (χ0v) is 8.45. The Morgan fingerprint density at radius 3 is 1.59 bits per heavy atom.